The Bertz CT molecular complexity index is 219. The highest BCUT2D eigenvalue weighted by atomic mass is 16.5. The van der Waals surface area contributed by atoms with Crippen LogP contribution in [0.3, 0.4) is 0 Å². The number of nitrogens with zero attached hydrogens (tertiary/aromatic N) is 2. The molecular formula is C5H7N3O2. The molecule has 0 unspecified atom stereocenters. The zero-order valence-corrected chi connectivity index (χ0v) is 5.44. The molecule has 5 nitrogen and oxygen atoms in total. The van der Waals surface area contributed by atoms with Gasteiger partial charge in [-0.05, 0) is 0 Å². The average Bonchev–Trinajstić information content (AvgIpc) is 2.36. The first kappa shape index (κ1) is 6.60. The fourth-order valence-corrected chi connectivity index (χ4v) is 0.492. The number of primary amides is 1. The minimum atomic E-state index is -0.561. The van der Waals surface area contributed by atoms with Gasteiger partial charge in [0.25, 0.3) is 0 Å². The van der Waals surface area contributed by atoms with E-state index in [0.29, 0.717) is 5.82 Å². The maximum atomic E-state index is 10.5. The molecular weight excluding hydrogens is 134 g/mol. The number of rotatable bonds is 1. The van der Waals surface area contributed by atoms with Crippen LogP contribution in [0.25, 0.3) is 0 Å². The number of urea groups is 1. The lowest BCUT2D eigenvalue weighted by Gasteiger charge is -2.07. The number of hydrogen-bond donors (Lipinski definition) is 1. The van der Waals surface area contributed by atoms with Crippen LogP contribution in [0.5, 0.6) is 0 Å². The van der Waals surface area contributed by atoms with Crippen LogP contribution in [0, 0.1) is 0 Å². The molecule has 0 saturated carbocycles. The summed E-state index contributed by atoms with van der Waals surface area (Å²) in [6.45, 7) is 0. The minimum Gasteiger partial charge on any atom is -0.363 e. The molecule has 10 heavy (non-hydrogen) atoms. The van der Waals surface area contributed by atoms with Crippen molar-refractivity contribution in [3.63, 3.8) is 0 Å². The molecule has 5 heteroatoms. The number of hydrogen-bond acceptors (Lipinski definition) is 3. The summed E-state index contributed by atoms with van der Waals surface area (Å²) in [6.07, 6.45) is 1.37. The predicted octanol–water partition coefficient (Wildman–Crippen LogP) is 0.190. The second-order valence-electron chi connectivity index (χ2n) is 1.75. The van der Waals surface area contributed by atoms with Crippen molar-refractivity contribution in [3.05, 3.63) is 12.3 Å². The topological polar surface area (TPSA) is 72.4 Å². The molecule has 0 bridgehead atoms. The first-order chi connectivity index (χ1) is 4.72. The maximum Gasteiger partial charge on any atom is 0.320 e. The molecule has 0 aromatic carbocycles. The van der Waals surface area contributed by atoms with Gasteiger partial charge in [0.05, 0.1) is 0 Å². The number of nitrogens with two attached hydrogens (primary N) is 1. The van der Waals surface area contributed by atoms with E-state index in [1.165, 1.54) is 18.2 Å². The minimum absolute atomic E-state index is 0.410. The first-order valence-electron chi connectivity index (χ1n) is 2.65. The van der Waals surface area contributed by atoms with Crippen LogP contribution >= 0.6 is 0 Å². The Morgan fingerprint density at radius 3 is 3.00 bits per heavy atom. The first-order valence-corrected chi connectivity index (χ1v) is 2.65. The van der Waals surface area contributed by atoms with Crippen molar-refractivity contribution in [1.29, 1.82) is 0 Å². The molecule has 0 atom stereocenters. The Morgan fingerprint density at radius 2 is 2.60 bits per heavy atom. The highest BCUT2D eigenvalue weighted by molar-refractivity contribution is 5.88. The van der Waals surface area contributed by atoms with E-state index in [-0.39, 0.29) is 0 Å². The van der Waals surface area contributed by atoms with Crippen molar-refractivity contribution in [2.75, 3.05) is 11.9 Å². The fourth-order valence-electron chi connectivity index (χ4n) is 0.492. The summed E-state index contributed by atoms with van der Waals surface area (Å²) in [7, 11) is 1.51. The van der Waals surface area contributed by atoms with Gasteiger partial charge in [-0.15, -0.1) is 0 Å². The molecule has 0 spiro atoms. The summed E-state index contributed by atoms with van der Waals surface area (Å²) in [5.74, 6) is 0.410. The molecule has 1 heterocycles. The third kappa shape index (κ3) is 1.07. The SMILES string of the molecule is CN(C(N)=O)c1ccon1. The smallest absolute Gasteiger partial charge is 0.320 e. The Kier molecular flexibility index (Phi) is 1.57. The Balaban J connectivity index is 2.77. The van der Waals surface area contributed by atoms with Crippen molar-refractivity contribution >= 4 is 11.8 Å². The Morgan fingerprint density at radius 1 is 1.90 bits per heavy atom. The van der Waals surface area contributed by atoms with E-state index in [0.717, 1.165) is 0 Å². The number of aromatic nitrogens is 1. The van der Waals surface area contributed by atoms with Gasteiger partial charge in [0.15, 0.2) is 5.82 Å². The molecule has 0 fully saturated rings. The summed E-state index contributed by atoms with van der Waals surface area (Å²) in [6, 6.07) is 0.985. The highest BCUT2D eigenvalue weighted by Gasteiger charge is 2.07. The van der Waals surface area contributed by atoms with Gasteiger partial charge < -0.3 is 10.3 Å². The molecule has 1 aromatic rings. The lowest BCUT2D eigenvalue weighted by molar-refractivity contribution is 0.254. The zero-order chi connectivity index (χ0) is 7.56. The summed E-state index contributed by atoms with van der Waals surface area (Å²) in [4.78, 5) is 11.6. The van der Waals surface area contributed by atoms with E-state index in [1.54, 1.807) is 6.07 Å². The molecule has 1 aromatic heterocycles. The normalized spacial score (nSPS) is 9.30. The molecule has 1 rings (SSSR count). The average molecular weight is 141 g/mol. The van der Waals surface area contributed by atoms with Gasteiger partial charge in [-0.1, -0.05) is 5.16 Å². The third-order valence-corrected chi connectivity index (χ3v) is 1.10. The number of anilines is 1. The quantitative estimate of drug-likeness (QED) is 0.606. The summed E-state index contributed by atoms with van der Waals surface area (Å²) >= 11 is 0. The third-order valence-electron chi connectivity index (χ3n) is 1.10. The molecule has 54 valence electrons. The molecule has 0 aliphatic carbocycles. The van der Waals surface area contributed by atoms with Gasteiger partial charge >= 0.3 is 6.03 Å². The monoisotopic (exact) mass is 141 g/mol. The van der Waals surface area contributed by atoms with Gasteiger partial charge in [0, 0.05) is 13.1 Å². The maximum absolute atomic E-state index is 10.5. The van der Waals surface area contributed by atoms with Crippen molar-refractivity contribution in [1.82, 2.24) is 5.16 Å². The van der Waals surface area contributed by atoms with Gasteiger partial charge in [-0.2, -0.15) is 0 Å². The van der Waals surface area contributed by atoms with Gasteiger partial charge in [-0.25, -0.2) is 4.79 Å². The van der Waals surface area contributed by atoms with Crippen LogP contribution in [0.4, 0.5) is 10.6 Å². The van der Waals surface area contributed by atoms with Gasteiger partial charge in [0.1, 0.15) is 6.26 Å². The molecule has 0 saturated heterocycles. The molecule has 2 amide bonds. The summed E-state index contributed by atoms with van der Waals surface area (Å²) < 4.78 is 4.49. The molecule has 2 N–H and O–H groups in total. The number of amides is 2. The molecule has 0 aliphatic rings. The van der Waals surface area contributed by atoms with Crippen molar-refractivity contribution in [2.24, 2.45) is 5.73 Å². The predicted molar refractivity (Wildman–Crippen MR) is 34.5 cm³/mol. The summed E-state index contributed by atoms with van der Waals surface area (Å²) in [5, 5.41) is 3.49. The van der Waals surface area contributed by atoms with Crippen LogP contribution in [0.2, 0.25) is 0 Å². The second-order valence-corrected chi connectivity index (χ2v) is 1.75. The van der Waals surface area contributed by atoms with Crippen LogP contribution in [-0.2, 0) is 0 Å². The van der Waals surface area contributed by atoms with E-state index in [4.69, 9.17) is 5.73 Å². The van der Waals surface area contributed by atoms with E-state index in [2.05, 4.69) is 9.68 Å². The zero-order valence-electron chi connectivity index (χ0n) is 5.44. The van der Waals surface area contributed by atoms with Crippen LogP contribution in [0.1, 0.15) is 0 Å². The number of carbonyl (C=O) groups is 1. The lowest BCUT2D eigenvalue weighted by atomic mass is 10.6. The highest BCUT2D eigenvalue weighted by Crippen LogP contribution is 2.05. The largest absolute Gasteiger partial charge is 0.363 e. The second kappa shape index (κ2) is 2.38. The van der Waals surface area contributed by atoms with Crippen molar-refractivity contribution < 1.29 is 9.32 Å². The Hall–Kier alpha value is -1.52. The van der Waals surface area contributed by atoms with Crippen LogP contribution in [0.15, 0.2) is 16.9 Å². The van der Waals surface area contributed by atoms with E-state index < -0.39 is 6.03 Å². The van der Waals surface area contributed by atoms with Gasteiger partial charge in [0.2, 0.25) is 0 Å². The Labute approximate surface area is 57.4 Å². The van der Waals surface area contributed by atoms with Crippen molar-refractivity contribution in [2.45, 2.75) is 0 Å². The van der Waals surface area contributed by atoms with E-state index in [1.807, 2.05) is 0 Å². The van der Waals surface area contributed by atoms with Gasteiger partial charge in [-0.3, -0.25) is 4.90 Å². The standard InChI is InChI=1S/C5H7N3O2/c1-8(5(6)9)4-2-3-10-7-4/h2-3H,1H3,(H2,6,9). The van der Waals surface area contributed by atoms with Crippen LogP contribution in [-0.4, -0.2) is 18.2 Å². The van der Waals surface area contributed by atoms with Crippen LogP contribution < -0.4 is 10.6 Å². The fraction of sp³-hybridized carbons (Fsp3) is 0.200. The van der Waals surface area contributed by atoms with Crippen molar-refractivity contribution in [3.8, 4) is 0 Å². The van der Waals surface area contributed by atoms with E-state index >= 15 is 0 Å². The summed E-state index contributed by atoms with van der Waals surface area (Å²) in [5.41, 5.74) is 4.93. The lowest BCUT2D eigenvalue weighted by Crippen LogP contribution is -2.31. The molecule has 0 radical (unpaired) electrons. The van der Waals surface area contributed by atoms with E-state index in [9.17, 15) is 4.79 Å². The molecule has 0 aliphatic heterocycles. The number of carbonyl (C=O) groups excluding carboxylic acids is 1.